The standard InChI is InChI=1S/C40H50N8O6/c1-23(2)33(45-39(51)53-7)37(49)47-21-25(5)17-31(47)35-41-19-29(43-35)15-13-27-9-11-28(12-10-27)14-16-30-20-42-36(44-30)32-18-26(6)22-48(32)38(50)34(24(3)4)46-40(52)54-8/h9-12,19-20,23-26,31-34H,17-18,21-22H2,1-8H3,(H,41,43)(H,42,44)(H,45,51)(H,46,52)/t25-,26-,31-,32-,33-,34-/m0/s1/i9D,10D,11D,12D. The zero-order valence-corrected chi connectivity index (χ0v) is 31.8. The smallest absolute Gasteiger partial charge is 0.407 e. The monoisotopic (exact) mass is 742 g/mol. The Labute approximate surface area is 322 Å². The molecule has 0 bridgehead atoms. The molecule has 2 aliphatic heterocycles. The number of methoxy groups -OCH3 is 2. The van der Waals surface area contributed by atoms with Gasteiger partial charge in [0, 0.05) is 24.2 Å². The topological polar surface area (TPSA) is 175 Å². The van der Waals surface area contributed by atoms with Gasteiger partial charge >= 0.3 is 12.2 Å². The number of nitrogens with zero attached hydrogens (tertiary/aromatic N) is 4. The first kappa shape index (κ1) is 34.0. The summed E-state index contributed by atoms with van der Waals surface area (Å²) < 4.78 is 44.1. The van der Waals surface area contributed by atoms with E-state index in [4.69, 9.17) is 15.0 Å². The molecule has 4 heterocycles. The maximum Gasteiger partial charge on any atom is 0.407 e. The van der Waals surface area contributed by atoms with E-state index in [1.807, 2.05) is 41.5 Å². The molecular weight excluding hydrogens is 688 g/mol. The molecule has 54 heavy (non-hydrogen) atoms. The van der Waals surface area contributed by atoms with Crippen LogP contribution in [0.5, 0.6) is 0 Å². The molecule has 5 rings (SSSR count). The van der Waals surface area contributed by atoms with E-state index in [0.29, 0.717) is 49.0 Å². The van der Waals surface area contributed by atoms with Gasteiger partial charge in [0.1, 0.15) is 35.1 Å². The van der Waals surface area contributed by atoms with Crippen LogP contribution in [-0.4, -0.2) is 93.1 Å². The summed E-state index contributed by atoms with van der Waals surface area (Å²) in [7, 11) is 2.48. The van der Waals surface area contributed by atoms with Gasteiger partial charge in [0.05, 0.1) is 44.2 Å². The van der Waals surface area contributed by atoms with Gasteiger partial charge in [0.25, 0.3) is 0 Å². The Kier molecular flexibility index (Phi) is 11.0. The van der Waals surface area contributed by atoms with Gasteiger partial charge in [0.2, 0.25) is 11.8 Å². The number of H-pyrrole nitrogens is 2. The fourth-order valence-electron chi connectivity index (χ4n) is 6.69. The number of rotatable bonds is 8. The van der Waals surface area contributed by atoms with Gasteiger partial charge in [-0.05, 0) is 72.5 Å². The predicted molar refractivity (Wildman–Crippen MR) is 200 cm³/mol. The van der Waals surface area contributed by atoms with Gasteiger partial charge in [-0.1, -0.05) is 53.4 Å². The highest BCUT2D eigenvalue weighted by Crippen LogP contribution is 2.36. The number of benzene rings is 1. The van der Waals surface area contributed by atoms with E-state index in [1.54, 1.807) is 9.80 Å². The van der Waals surface area contributed by atoms with Gasteiger partial charge in [-0.15, -0.1) is 0 Å². The molecule has 14 nitrogen and oxygen atoms in total. The summed E-state index contributed by atoms with van der Waals surface area (Å²) in [4.78, 5) is 69.8. The molecule has 14 heteroatoms. The lowest BCUT2D eigenvalue weighted by Gasteiger charge is -2.30. The molecule has 2 aliphatic rings. The maximum absolute atomic E-state index is 13.6. The first-order valence-electron chi connectivity index (χ1n) is 20.0. The molecule has 0 spiro atoms. The number of carbonyl (C=O) groups excluding carboxylic acids is 4. The Bertz CT molecular complexity index is 2000. The third-order valence-electron chi connectivity index (χ3n) is 9.46. The quantitative estimate of drug-likeness (QED) is 0.244. The van der Waals surface area contributed by atoms with Crippen LogP contribution >= 0.6 is 0 Å². The van der Waals surface area contributed by atoms with Crippen LogP contribution in [0.15, 0.2) is 36.6 Å². The van der Waals surface area contributed by atoms with Crippen LogP contribution in [0, 0.1) is 47.4 Å². The first-order chi connectivity index (χ1) is 27.4. The van der Waals surface area contributed by atoms with Crippen molar-refractivity contribution in [2.24, 2.45) is 23.7 Å². The van der Waals surface area contributed by atoms with Crippen LogP contribution in [0.25, 0.3) is 0 Å². The first-order valence-corrected chi connectivity index (χ1v) is 18.0. The molecule has 4 amide bonds. The van der Waals surface area contributed by atoms with Gasteiger partial charge in [-0.25, -0.2) is 19.6 Å². The van der Waals surface area contributed by atoms with Crippen molar-refractivity contribution in [2.45, 2.75) is 78.6 Å². The van der Waals surface area contributed by atoms with Crippen LogP contribution in [-0.2, 0) is 19.1 Å². The number of alkyl carbamates (subject to hydrolysis) is 2. The summed E-state index contributed by atoms with van der Waals surface area (Å²) in [5.41, 5.74) is 0.452. The molecule has 2 aromatic heterocycles. The van der Waals surface area contributed by atoms with E-state index in [1.165, 1.54) is 26.6 Å². The highest BCUT2D eigenvalue weighted by molar-refractivity contribution is 5.87. The summed E-state index contributed by atoms with van der Waals surface area (Å²) in [6.45, 7) is 12.3. The highest BCUT2D eigenvalue weighted by atomic mass is 16.5. The van der Waals surface area contributed by atoms with E-state index < -0.39 is 36.4 Å². The van der Waals surface area contributed by atoms with Gasteiger partial charge < -0.3 is 39.9 Å². The number of carbonyl (C=O) groups is 4. The highest BCUT2D eigenvalue weighted by Gasteiger charge is 2.41. The van der Waals surface area contributed by atoms with Crippen LogP contribution in [0.4, 0.5) is 9.59 Å². The maximum atomic E-state index is 13.6. The molecule has 286 valence electrons. The zero-order chi connectivity index (χ0) is 42.6. The Hall–Kier alpha value is -5.76. The summed E-state index contributed by atoms with van der Waals surface area (Å²) in [6.07, 6.45) is 2.83. The largest absolute Gasteiger partial charge is 0.453 e. The molecular formula is C40H50N8O6. The Morgan fingerprint density at radius 1 is 0.722 bits per heavy atom. The van der Waals surface area contributed by atoms with E-state index in [9.17, 15) is 19.2 Å². The van der Waals surface area contributed by atoms with Gasteiger partial charge in [0.15, 0.2) is 0 Å². The van der Waals surface area contributed by atoms with Crippen LogP contribution in [0.2, 0.25) is 0 Å². The second kappa shape index (κ2) is 17.4. The lowest BCUT2D eigenvalue weighted by molar-refractivity contribution is -0.136. The summed E-state index contributed by atoms with van der Waals surface area (Å²) >= 11 is 0. The third-order valence-corrected chi connectivity index (χ3v) is 9.46. The fraction of sp³-hybridized carbons (Fsp3) is 0.500. The molecule has 4 N–H and O–H groups in total. The number of ether oxygens (including phenoxy) is 2. The van der Waals surface area contributed by atoms with E-state index >= 15 is 0 Å². The average molecular weight is 743 g/mol. The van der Waals surface area contributed by atoms with Crippen molar-refractivity contribution in [3.05, 3.63) is 70.7 Å². The minimum Gasteiger partial charge on any atom is -0.453 e. The minimum absolute atomic E-state index is 0.123. The van der Waals surface area contributed by atoms with Crippen molar-refractivity contribution in [1.29, 1.82) is 0 Å². The number of likely N-dealkylation sites (tertiary alicyclic amines) is 2. The van der Waals surface area contributed by atoms with Crippen molar-refractivity contribution in [1.82, 2.24) is 40.4 Å². The van der Waals surface area contributed by atoms with Gasteiger partial charge in [-0.3, -0.25) is 9.59 Å². The number of hydrogen-bond acceptors (Lipinski definition) is 8. The average Bonchev–Trinajstić information content (AvgIpc) is 4.01. The second-order valence-corrected chi connectivity index (χ2v) is 14.5. The minimum atomic E-state index is -0.797. The normalized spacial score (nSPS) is 21.4. The number of imidazole rings is 2. The Morgan fingerprint density at radius 3 is 1.43 bits per heavy atom. The van der Waals surface area contributed by atoms with E-state index in [2.05, 4.69) is 54.3 Å². The number of aromatic amines is 2. The molecule has 3 aromatic rings. The van der Waals surface area contributed by atoms with Crippen molar-refractivity contribution >= 4 is 24.0 Å². The SMILES string of the molecule is [2H]c1c([2H])c(C#Cc2cnc([C@@H]3C[C@H](C)CN3C(=O)[C@@H](NC(=O)OC)C(C)C)[nH]2)c([2H])c([2H])c1C#Cc1cnc([C@@H]2C[C@H](C)CN2C(=O)[C@@H](NC(=O)OC)C(C)C)[nH]1. The van der Waals surface area contributed by atoms with Gasteiger partial charge in [-0.2, -0.15) is 0 Å². The predicted octanol–water partition coefficient (Wildman–Crippen LogP) is 4.51. The molecule has 2 fully saturated rings. The molecule has 0 saturated carbocycles. The van der Waals surface area contributed by atoms with Crippen molar-refractivity contribution in [3.8, 4) is 23.7 Å². The summed E-state index contributed by atoms with van der Waals surface area (Å²) in [5.74, 6) is 11.7. The summed E-state index contributed by atoms with van der Waals surface area (Å²) in [5, 5.41) is 5.27. The Morgan fingerprint density at radius 2 is 1.09 bits per heavy atom. The molecule has 0 unspecified atom stereocenters. The lowest BCUT2D eigenvalue weighted by Crippen LogP contribution is -2.51. The number of aromatic nitrogens is 4. The van der Waals surface area contributed by atoms with Crippen molar-refractivity contribution in [3.63, 3.8) is 0 Å². The lowest BCUT2D eigenvalue weighted by atomic mass is 10.0. The number of hydrogen-bond donors (Lipinski definition) is 4. The van der Waals surface area contributed by atoms with E-state index in [0.717, 1.165) is 0 Å². The fourth-order valence-corrected chi connectivity index (χ4v) is 6.69. The molecule has 2 saturated heterocycles. The van der Waals surface area contributed by atoms with Crippen LogP contribution in [0.1, 0.15) is 106 Å². The Balaban J connectivity index is 1.35. The molecule has 0 radical (unpaired) electrons. The molecule has 6 atom stereocenters. The van der Waals surface area contributed by atoms with Crippen molar-refractivity contribution in [2.75, 3.05) is 27.3 Å². The van der Waals surface area contributed by atoms with Crippen molar-refractivity contribution < 1.29 is 34.1 Å². The number of amides is 4. The van der Waals surface area contributed by atoms with E-state index in [-0.39, 0.29) is 70.8 Å². The van der Waals surface area contributed by atoms with Crippen LogP contribution < -0.4 is 10.6 Å². The zero-order valence-electron chi connectivity index (χ0n) is 35.8. The van der Waals surface area contributed by atoms with Crippen LogP contribution in [0.3, 0.4) is 0 Å². The molecule has 1 aromatic carbocycles. The second-order valence-electron chi connectivity index (χ2n) is 14.5. The third kappa shape index (κ3) is 9.42. The molecule has 0 aliphatic carbocycles. The number of nitrogens with one attached hydrogen (secondary N) is 4. The summed E-state index contributed by atoms with van der Waals surface area (Å²) in [6, 6.07) is -3.86.